The van der Waals surface area contributed by atoms with Crippen LogP contribution in [-0.2, 0) is 4.74 Å². The summed E-state index contributed by atoms with van der Waals surface area (Å²) in [6.45, 7) is 7.64. The molecular weight excluding hydrogens is 276 g/mol. The molecule has 112 valence electrons. The van der Waals surface area contributed by atoms with Gasteiger partial charge >= 0.3 is 5.97 Å². The van der Waals surface area contributed by atoms with Crippen molar-refractivity contribution in [2.24, 2.45) is 5.92 Å². The minimum Gasteiger partial charge on any atom is -0.490 e. The normalized spacial score (nSPS) is 10.8. The topological polar surface area (TPSA) is 55.8 Å². The molecule has 0 unspecified atom stereocenters. The fraction of sp³-hybridized carbons (Fsp3) is 0.533. The molecule has 20 heavy (non-hydrogen) atoms. The van der Waals surface area contributed by atoms with Crippen LogP contribution in [-0.4, -0.2) is 36.6 Å². The lowest BCUT2D eigenvalue weighted by atomic mass is 10.2. The molecule has 0 aromatic heterocycles. The highest BCUT2D eigenvalue weighted by Crippen LogP contribution is 2.30. The van der Waals surface area contributed by atoms with Crippen molar-refractivity contribution in [3.05, 3.63) is 23.8 Å². The lowest BCUT2D eigenvalue weighted by Gasteiger charge is -2.13. The average Bonchev–Trinajstić information content (AvgIpc) is 2.38. The molecular formula is C15H22O4S. The minimum atomic E-state index is -0.959. The third-order valence-electron chi connectivity index (χ3n) is 2.44. The van der Waals surface area contributed by atoms with E-state index in [1.165, 1.54) is 11.8 Å². The highest BCUT2D eigenvalue weighted by Gasteiger charge is 2.16. The number of aromatic carboxylic acids is 1. The van der Waals surface area contributed by atoms with Crippen LogP contribution in [0, 0.1) is 5.92 Å². The van der Waals surface area contributed by atoms with E-state index in [9.17, 15) is 9.90 Å². The van der Waals surface area contributed by atoms with Crippen molar-refractivity contribution in [2.45, 2.75) is 25.7 Å². The molecule has 0 atom stereocenters. The van der Waals surface area contributed by atoms with Crippen molar-refractivity contribution in [3.8, 4) is 5.75 Å². The van der Waals surface area contributed by atoms with Crippen molar-refractivity contribution in [3.63, 3.8) is 0 Å². The molecule has 1 aromatic carbocycles. The Kier molecular flexibility index (Phi) is 7.47. The number of ether oxygens (including phenoxy) is 2. The number of hydrogen-bond donors (Lipinski definition) is 1. The second kappa shape index (κ2) is 8.87. The summed E-state index contributed by atoms with van der Waals surface area (Å²) in [6, 6.07) is 5.31. The summed E-state index contributed by atoms with van der Waals surface area (Å²) in [7, 11) is 0. The van der Waals surface area contributed by atoms with Gasteiger partial charge in [-0.2, -0.15) is 0 Å². The number of carbonyl (C=O) groups is 1. The monoisotopic (exact) mass is 298 g/mol. The molecule has 5 heteroatoms. The zero-order valence-electron chi connectivity index (χ0n) is 12.2. The highest BCUT2D eigenvalue weighted by atomic mass is 32.2. The zero-order chi connectivity index (χ0) is 15.0. The first kappa shape index (κ1) is 16.9. The van der Waals surface area contributed by atoms with Gasteiger partial charge in [0.2, 0.25) is 0 Å². The molecule has 0 aliphatic heterocycles. The SMILES string of the molecule is CCSc1cccc(OCCOCC(C)C)c1C(=O)O. The van der Waals surface area contributed by atoms with Crippen LogP contribution in [0.15, 0.2) is 23.1 Å². The van der Waals surface area contributed by atoms with E-state index in [1.54, 1.807) is 12.1 Å². The zero-order valence-corrected chi connectivity index (χ0v) is 13.0. The fourth-order valence-electron chi connectivity index (χ4n) is 1.65. The van der Waals surface area contributed by atoms with E-state index in [4.69, 9.17) is 9.47 Å². The van der Waals surface area contributed by atoms with Crippen LogP contribution >= 0.6 is 11.8 Å². The molecule has 0 aliphatic rings. The number of carboxylic acid groups (broad SMARTS) is 1. The summed E-state index contributed by atoms with van der Waals surface area (Å²) in [5.74, 6) is 0.749. The Morgan fingerprint density at radius 1 is 1.35 bits per heavy atom. The maximum atomic E-state index is 11.4. The number of hydrogen-bond acceptors (Lipinski definition) is 4. The van der Waals surface area contributed by atoms with Crippen LogP contribution in [0.1, 0.15) is 31.1 Å². The van der Waals surface area contributed by atoms with Gasteiger partial charge in [-0.25, -0.2) is 4.79 Å². The third-order valence-corrected chi connectivity index (χ3v) is 3.38. The van der Waals surface area contributed by atoms with E-state index in [0.717, 1.165) is 10.6 Å². The average molecular weight is 298 g/mol. The van der Waals surface area contributed by atoms with Crippen LogP contribution in [0.25, 0.3) is 0 Å². The smallest absolute Gasteiger partial charge is 0.340 e. The molecule has 0 saturated carbocycles. The van der Waals surface area contributed by atoms with E-state index >= 15 is 0 Å². The first-order valence-corrected chi connectivity index (χ1v) is 7.74. The summed E-state index contributed by atoms with van der Waals surface area (Å²) >= 11 is 1.50. The van der Waals surface area contributed by atoms with E-state index < -0.39 is 5.97 Å². The standard InChI is InChI=1S/C15H22O4S/c1-4-20-13-7-5-6-12(14(13)15(16)17)19-9-8-18-10-11(2)3/h5-7,11H,4,8-10H2,1-3H3,(H,16,17). The van der Waals surface area contributed by atoms with Gasteiger partial charge in [-0.15, -0.1) is 11.8 Å². The summed E-state index contributed by atoms with van der Waals surface area (Å²) in [4.78, 5) is 12.1. The van der Waals surface area contributed by atoms with Gasteiger partial charge in [-0.05, 0) is 23.8 Å². The molecule has 1 N–H and O–H groups in total. The van der Waals surface area contributed by atoms with Crippen LogP contribution in [0.4, 0.5) is 0 Å². The van der Waals surface area contributed by atoms with Gasteiger partial charge < -0.3 is 14.6 Å². The fourth-order valence-corrected chi connectivity index (χ4v) is 2.47. The van der Waals surface area contributed by atoms with Crippen molar-refractivity contribution >= 4 is 17.7 Å². The van der Waals surface area contributed by atoms with Gasteiger partial charge in [0, 0.05) is 11.5 Å². The molecule has 1 aromatic rings. The minimum absolute atomic E-state index is 0.239. The lowest BCUT2D eigenvalue weighted by Crippen LogP contribution is -2.12. The maximum absolute atomic E-state index is 11.4. The van der Waals surface area contributed by atoms with Gasteiger partial charge in [0.1, 0.15) is 17.9 Å². The summed E-state index contributed by atoms with van der Waals surface area (Å²) in [5.41, 5.74) is 0.239. The Morgan fingerprint density at radius 2 is 2.10 bits per heavy atom. The quantitative estimate of drug-likeness (QED) is 0.558. The molecule has 0 amide bonds. The Bertz CT molecular complexity index is 432. The first-order valence-electron chi connectivity index (χ1n) is 6.75. The summed E-state index contributed by atoms with van der Waals surface area (Å²) in [6.07, 6.45) is 0. The molecule has 0 bridgehead atoms. The van der Waals surface area contributed by atoms with Gasteiger partial charge in [0.25, 0.3) is 0 Å². The predicted molar refractivity (Wildman–Crippen MR) is 81.0 cm³/mol. The van der Waals surface area contributed by atoms with Crippen molar-refractivity contribution in [1.82, 2.24) is 0 Å². The second-order valence-corrected chi connectivity index (χ2v) is 5.99. The first-order chi connectivity index (χ1) is 9.56. The molecule has 0 heterocycles. The Morgan fingerprint density at radius 3 is 2.70 bits per heavy atom. The van der Waals surface area contributed by atoms with Crippen LogP contribution in [0.2, 0.25) is 0 Å². The highest BCUT2D eigenvalue weighted by molar-refractivity contribution is 7.99. The lowest BCUT2D eigenvalue weighted by molar-refractivity contribution is 0.0673. The van der Waals surface area contributed by atoms with Gasteiger partial charge in [-0.3, -0.25) is 0 Å². The van der Waals surface area contributed by atoms with E-state index in [0.29, 0.717) is 31.5 Å². The number of carboxylic acids is 1. The van der Waals surface area contributed by atoms with Crippen LogP contribution < -0.4 is 4.74 Å². The molecule has 0 aliphatic carbocycles. The van der Waals surface area contributed by atoms with E-state index in [1.807, 2.05) is 13.0 Å². The Balaban J connectivity index is 2.64. The van der Waals surface area contributed by atoms with Crippen molar-refractivity contribution < 1.29 is 19.4 Å². The van der Waals surface area contributed by atoms with E-state index in [-0.39, 0.29) is 5.56 Å². The van der Waals surface area contributed by atoms with Crippen molar-refractivity contribution in [2.75, 3.05) is 25.6 Å². The van der Waals surface area contributed by atoms with Crippen LogP contribution in [0.3, 0.4) is 0 Å². The number of benzene rings is 1. The summed E-state index contributed by atoms with van der Waals surface area (Å²) in [5, 5.41) is 9.32. The van der Waals surface area contributed by atoms with E-state index in [2.05, 4.69) is 13.8 Å². The van der Waals surface area contributed by atoms with Crippen molar-refractivity contribution in [1.29, 1.82) is 0 Å². The molecule has 0 spiro atoms. The predicted octanol–water partition coefficient (Wildman–Crippen LogP) is 3.55. The van der Waals surface area contributed by atoms with Gasteiger partial charge in [0.15, 0.2) is 0 Å². The third kappa shape index (κ3) is 5.43. The molecule has 4 nitrogen and oxygen atoms in total. The summed E-state index contributed by atoms with van der Waals surface area (Å²) < 4.78 is 11.0. The second-order valence-electron chi connectivity index (χ2n) is 4.68. The Hall–Kier alpha value is -1.20. The molecule has 0 radical (unpaired) electrons. The number of thioether (sulfide) groups is 1. The number of rotatable bonds is 9. The Labute approximate surface area is 124 Å². The van der Waals surface area contributed by atoms with Gasteiger partial charge in [0.05, 0.1) is 6.61 Å². The molecule has 1 rings (SSSR count). The van der Waals surface area contributed by atoms with Gasteiger partial charge in [-0.1, -0.05) is 26.8 Å². The maximum Gasteiger partial charge on any atom is 0.340 e. The molecule has 0 saturated heterocycles. The van der Waals surface area contributed by atoms with Crippen LogP contribution in [0.5, 0.6) is 5.75 Å². The molecule has 0 fully saturated rings. The largest absolute Gasteiger partial charge is 0.490 e.